The van der Waals surface area contributed by atoms with Crippen molar-refractivity contribution in [1.29, 1.82) is 0 Å². The quantitative estimate of drug-likeness (QED) is 0.691. The molecule has 1 saturated heterocycles. The number of amides is 1. The summed E-state index contributed by atoms with van der Waals surface area (Å²) < 4.78 is 13.4. The second-order valence-corrected chi connectivity index (χ2v) is 7.40. The smallest absolute Gasteiger partial charge is 0.253 e. The van der Waals surface area contributed by atoms with Crippen LogP contribution in [0.5, 0.6) is 0 Å². The number of halogens is 1. The van der Waals surface area contributed by atoms with Crippen LogP contribution >= 0.6 is 0 Å². The number of carbonyl (C=O) groups is 1. The normalized spacial score (nSPS) is 14.5. The van der Waals surface area contributed by atoms with E-state index in [9.17, 15) is 9.18 Å². The highest BCUT2D eigenvalue weighted by atomic mass is 19.1. The monoisotopic (exact) mass is 406 g/mol. The van der Waals surface area contributed by atoms with Crippen molar-refractivity contribution in [3.63, 3.8) is 0 Å². The molecule has 7 nitrogen and oxygen atoms in total. The van der Waals surface area contributed by atoms with Crippen LogP contribution in [0, 0.1) is 12.7 Å². The van der Waals surface area contributed by atoms with Gasteiger partial charge in [0.25, 0.3) is 5.91 Å². The predicted molar refractivity (Wildman–Crippen MR) is 114 cm³/mol. The lowest BCUT2D eigenvalue weighted by molar-refractivity contribution is 0.0930. The van der Waals surface area contributed by atoms with Gasteiger partial charge in [-0.05, 0) is 44.0 Å². The second kappa shape index (κ2) is 8.44. The van der Waals surface area contributed by atoms with Crippen molar-refractivity contribution in [3.05, 3.63) is 65.7 Å². The predicted octanol–water partition coefficient (Wildman–Crippen LogP) is 2.97. The molecule has 3 N–H and O–H groups in total. The number of pyridine rings is 1. The molecule has 8 heteroatoms. The summed E-state index contributed by atoms with van der Waals surface area (Å²) in [6.45, 7) is 3.44. The average molecular weight is 406 g/mol. The van der Waals surface area contributed by atoms with Crippen LogP contribution < -0.4 is 16.0 Å². The molecule has 0 aliphatic carbocycles. The Morgan fingerprint density at radius 1 is 1.17 bits per heavy atom. The van der Waals surface area contributed by atoms with Gasteiger partial charge in [0.05, 0.1) is 11.3 Å². The number of anilines is 2. The summed E-state index contributed by atoms with van der Waals surface area (Å²) in [5.41, 5.74) is 8.37. The summed E-state index contributed by atoms with van der Waals surface area (Å²) in [4.78, 5) is 27.5. The molecule has 0 saturated carbocycles. The fourth-order valence-electron chi connectivity index (χ4n) is 3.60. The molecule has 1 aromatic carbocycles. The van der Waals surface area contributed by atoms with E-state index in [4.69, 9.17) is 5.73 Å². The molecule has 0 spiro atoms. The van der Waals surface area contributed by atoms with Gasteiger partial charge in [-0.2, -0.15) is 4.98 Å². The number of piperidine rings is 1. The van der Waals surface area contributed by atoms with Gasteiger partial charge in [-0.3, -0.25) is 9.78 Å². The average Bonchev–Trinajstić information content (AvgIpc) is 2.74. The van der Waals surface area contributed by atoms with E-state index >= 15 is 0 Å². The molecular formula is C22H23FN6O. The lowest BCUT2D eigenvalue weighted by Gasteiger charge is -2.33. The second-order valence-electron chi connectivity index (χ2n) is 7.40. The van der Waals surface area contributed by atoms with E-state index in [-0.39, 0.29) is 23.7 Å². The number of aromatic nitrogens is 3. The Morgan fingerprint density at radius 3 is 2.63 bits per heavy atom. The minimum atomic E-state index is -0.317. The fraction of sp³-hybridized carbons (Fsp3) is 0.273. The van der Waals surface area contributed by atoms with Gasteiger partial charge >= 0.3 is 0 Å². The topological polar surface area (TPSA) is 97.0 Å². The molecular weight excluding hydrogens is 383 g/mol. The lowest BCUT2D eigenvalue weighted by Crippen LogP contribution is -2.45. The van der Waals surface area contributed by atoms with E-state index < -0.39 is 0 Å². The molecule has 0 atom stereocenters. The number of hydrogen-bond acceptors (Lipinski definition) is 6. The summed E-state index contributed by atoms with van der Waals surface area (Å²) in [6, 6.07) is 11.7. The molecule has 1 amide bonds. The van der Waals surface area contributed by atoms with E-state index in [1.165, 1.54) is 18.3 Å². The Labute approximate surface area is 174 Å². The largest absolute Gasteiger partial charge is 0.368 e. The molecule has 2 aromatic heterocycles. The van der Waals surface area contributed by atoms with Crippen LogP contribution in [0.2, 0.25) is 0 Å². The highest BCUT2D eigenvalue weighted by Gasteiger charge is 2.22. The zero-order valence-corrected chi connectivity index (χ0v) is 16.7. The molecule has 30 heavy (non-hydrogen) atoms. The van der Waals surface area contributed by atoms with E-state index in [0.29, 0.717) is 16.8 Å². The number of nitrogens with zero attached hydrogens (tertiary/aromatic N) is 4. The molecule has 4 rings (SSSR count). The first-order chi connectivity index (χ1) is 14.5. The minimum Gasteiger partial charge on any atom is -0.368 e. The van der Waals surface area contributed by atoms with Crippen molar-refractivity contribution in [1.82, 2.24) is 20.3 Å². The lowest BCUT2D eigenvalue weighted by atomic mass is 10.0. The molecule has 1 fully saturated rings. The Bertz CT molecular complexity index is 1030. The molecule has 0 radical (unpaired) electrons. The number of carbonyl (C=O) groups excluding carboxylic acids is 1. The fourth-order valence-corrected chi connectivity index (χ4v) is 3.60. The molecule has 3 aromatic rings. The molecule has 154 valence electrons. The maximum Gasteiger partial charge on any atom is 0.253 e. The summed E-state index contributed by atoms with van der Waals surface area (Å²) >= 11 is 0. The van der Waals surface area contributed by atoms with Crippen molar-refractivity contribution in [3.8, 4) is 11.3 Å². The van der Waals surface area contributed by atoms with Gasteiger partial charge < -0.3 is 16.0 Å². The number of rotatable bonds is 4. The van der Waals surface area contributed by atoms with E-state index in [1.54, 1.807) is 24.3 Å². The van der Waals surface area contributed by atoms with Crippen molar-refractivity contribution >= 4 is 17.7 Å². The van der Waals surface area contributed by atoms with Crippen molar-refractivity contribution < 1.29 is 9.18 Å². The summed E-state index contributed by atoms with van der Waals surface area (Å²) in [5, 5.41) is 3.08. The van der Waals surface area contributed by atoms with Crippen LogP contribution in [-0.2, 0) is 0 Å². The molecule has 0 bridgehead atoms. The number of hydrogen-bond donors (Lipinski definition) is 2. The number of aryl methyl sites for hydroxylation is 1. The summed E-state index contributed by atoms with van der Waals surface area (Å²) in [6.07, 6.45) is 3.14. The Balaban J connectivity index is 1.34. The molecule has 0 unspecified atom stereocenters. The third-order valence-electron chi connectivity index (χ3n) is 5.16. The van der Waals surface area contributed by atoms with E-state index in [1.807, 2.05) is 13.0 Å². The van der Waals surface area contributed by atoms with Gasteiger partial charge in [0.1, 0.15) is 11.6 Å². The standard InChI is InChI=1S/C22H23FN6O/c1-14-11-20(28-22(24)26-14)29-9-7-18(8-10-29)27-21(30)16-5-6-19(25-13-16)15-3-2-4-17(23)12-15/h2-6,11-13,18H,7-10H2,1H3,(H,27,30)(H2,24,26,28). The van der Waals surface area contributed by atoms with Crippen LogP contribution in [0.4, 0.5) is 16.2 Å². The van der Waals surface area contributed by atoms with Gasteiger partial charge in [0.15, 0.2) is 0 Å². The van der Waals surface area contributed by atoms with Crippen molar-refractivity contribution in [2.24, 2.45) is 0 Å². The van der Waals surface area contributed by atoms with Gasteiger partial charge in [-0.1, -0.05) is 12.1 Å². The van der Waals surface area contributed by atoms with Crippen LogP contribution in [0.3, 0.4) is 0 Å². The maximum absolute atomic E-state index is 13.4. The third-order valence-corrected chi connectivity index (χ3v) is 5.16. The number of nitrogens with one attached hydrogen (secondary N) is 1. The SMILES string of the molecule is Cc1cc(N2CCC(NC(=O)c3ccc(-c4cccc(F)c4)nc3)CC2)nc(N)n1. The first-order valence-electron chi connectivity index (χ1n) is 9.87. The van der Waals surface area contributed by atoms with Gasteiger partial charge in [0.2, 0.25) is 5.95 Å². The minimum absolute atomic E-state index is 0.0805. The van der Waals surface area contributed by atoms with Gasteiger partial charge in [-0.25, -0.2) is 9.37 Å². The zero-order chi connectivity index (χ0) is 21.1. The molecule has 1 aliphatic rings. The molecule has 1 aliphatic heterocycles. The summed E-state index contributed by atoms with van der Waals surface area (Å²) in [5.74, 6) is 0.618. The third kappa shape index (κ3) is 4.53. The van der Waals surface area contributed by atoms with Crippen LogP contribution in [0.15, 0.2) is 48.7 Å². The highest BCUT2D eigenvalue weighted by Crippen LogP contribution is 2.21. The number of benzene rings is 1. The van der Waals surface area contributed by atoms with E-state index in [0.717, 1.165) is 37.4 Å². The van der Waals surface area contributed by atoms with Crippen molar-refractivity contribution in [2.75, 3.05) is 23.7 Å². The van der Waals surface area contributed by atoms with Gasteiger partial charge in [-0.15, -0.1) is 0 Å². The van der Waals surface area contributed by atoms with Crippen LogP contribution in [0.1, 0.15) is 28.9 Å². The van der Waals surface area contributed by atoms with Crippen molar-refractivity contribution in [2.45, 2.75) is 25.8 Å². The van der Waals surface area contributed by atoms with Crippen LogP contribution in [0.25, 0.3) is 11.3 Å². The Kier molecular flexibility index (Phi) is 5.56. The first kappa shape index (κ1) is 19.8. The highest BCUT2D eigenvalue weighted by molar-refractivity contribution is 5.94. The van der Waals surface area contributed by atoms with E-state index in [2.05, 4.69) is 25.2 Å². The maximum atomic E-state index is 13.4. The zero-order valence-electron chi connectivity index (χ0n) is 16.7. The Morgan fingerprint density at radius 2 is 1.97 bits per heavy atom. The Hall–Kier alpha value is -3.55. The first-order valence-corrected chi connectivity index (χ1v) is 9.87. The van der Waals surface area contributed by atoms with Crippen LogP contribution in [-0.4, -0.2) is 40.0 Å². The number of nitrogen functional groups attached to an aromatic ring is 1. The summed E-state index contributed by atoms with van der Waals surface area (Å²) in [7, 11) is 0. The molecule has 3 heterocycles. The number of nitrogens with two attached hydrogens (primary N) is 1. The van der Waals surface area contributed by atoms with Gasteiger partial charge in [0, 0.05) is 42.7 Å².